The molecule has 0 aliphatic carbocycles. The second-order valence-electron chi connectivity index (χ2n) is 4.89. The van der Waals surface area contributed by atoms with Gasteiger partial charge in [-0.25, -0.2) is 4.79 Å². The lowest BCUT2D eigenvalue weighted by atomic mass is 10.0. The number of hydrogen-bond donors (Lipinski definition) is 0. The molecule has 0 spiro atoms. The van der Waals surface area contributed by atoms with Gasteiger partial charge in [0.1, 0.15) is 11.7 Å². The van der Waals surface area contributed by atoms with Crippen LogP contribution in [0.3, 0.4) is 0 Å². The van der Waals surface area contributed by atoms with Crippen molar-refractivity contribution in [2.45, 2.75) is 52.7 Å². The van der Waals surface area contributed by atoms with Crippen molar-refractivity contribution < 1.29 is 14.3 Å². The van der Waals surface area contributed by atoms with Gasteiger partial charge in [0.2, 0.25) is 0 Å². The molecule has 0 N–H and O–H groups in total. The summed E-state index contributed by atoms with van der Waals surface area (Å²) in [5.74, 6) is 0.260. The standard InChI is InChI=1S/C12H22O3/c1-7-8-10(9(2)3)14-11(13)15-12(4,5)6/h7,9-10H,1,8H2,2-6H3. The summed E-state index contributed by atoms with van der Waals surface area (Å²) in [4.78, 5) is 11.4. The van der Waals surface area contributed by atoms with Crippen LogP contribution in [0, 0.1) is 5.92 Å². The predicted molar refractivity (Wildman–Crippen MR) is 60.8 cm³/mol. The molecular formula is C12H22O3. The minimum absolute atomic E-state index is 0.155. The van der Waals surface area contributed by atoms with Crippen molar-refractivity contribution in [3.8, 4) is 0 Å². The summed E-state index contributed by atoms with van der Waals surface area (Å²) in [5, 5.41) is 0. The van der Waals surface area contributed by atoms with Gasteiger partial charge in [0.05, 0.1) is 0 Å². The monoisotopic (exact) mass is 214 g/mol. The maximum absolute atomic E-state index is 11.4. The second-order valence-corrected chi connectivity index (χ2v) is 4.89. The van der Waals surface area contributed by atoms with E-state index in [0.717, 1.165) is 0 Å². The van der Waals surface area contributed by atoms with E-state index >= 15 is 0 Å². The molecule has 0 aromatic rings. The van der Waals surface area contributed by atoms with E-state index in [0.29, 0.717) is 6.42 Å². The van der Waals surface area contributed by atoms with Crippen molar-refractivity contribution >= 4 is 6.16 Å². The van der Waals surface area contributed by atoms with E-state index in [2.05, 4.69) is 6.58 Å². The Balaban J connectivity index is 4.17. The van der Waals surface area contributed by atoms with E-state index in [-0.39, 0.29) is 12.0 Å². The van der Waals surface area contributed by atoms with Crippen LogP contribution in [0.25, 0.3) is 0 Å². The molecule has 1 unspecified atom stereocenters. The zero-order valence-electron chi connectivity index (χ0n) is 10.4. The molecule has 0 aliphatic heterocycles. The number of hydrogen-bond acceptors (Lipinski definition) is 3. The average molecular weight is 214 g/mol. The van der Waals surface area contributed by atoms with E-state index < -0.39 is 11.8 Å². The summed E-state index contributed by atoms with van der Waals surface area (Å²) in [6.45, 7) is 13.1. The van der Waals surface area contributed by atoms with Gasteiger partial charge in [-0.05, 0) is 26.7 Å². The molecule has 0 bridgehead atoms. The van der Waals surface area contributed by atoms with Crippen LogP contribution in [0.2, 0.25) is 0 Å². The summed E-state index contributed by atoms with van der Waals surface area (Å²) >= 11 is 0. The SMILES string of the molecule is C=CCC(OC(=O)OC(C)(C)C)C(C)C. The fourth-order valence-corrected chi connectivity index (χ4v) is 1.02. The topological polar surface area (TPSA) is 35.5 Å². The zero-order chi connectivity index (χ0) is 12.1. The van der Waals surface area contributed by atoms with Gasteiger partial charge in [0, 0.05) is 6.42 Å². The van der Waals surface area contributed by atoms with E-state index in [4.69, 9.17) is 9.47 Å². The van der Waals surface area contributed by atoms with Crippen molar-refractivity contribution in [1.82, 2.24) is 0 Å². The molecule has 0 saturated heterocycles. The van der Waals surface area contributed by atoms with E-state index in [1.165, 1.54) is 0 Å². The van der Waals surface area contributed by atoms with Gasteiger partial charge in [-0.3, -0.25) is 0 Å². The second kappa shape index (κ2) is 5.79. The first-order chi connectivity index (χ1) is 6.76. The molecule has 3 heteroatoms. The molecule has 0 aliphatic rings. The van der Waals surface area contributed by atoms with Crippen molar-refractivity contribution in [3.05, 3.63) is 12.7 Å². The molecule has 0 radical (unpaired) electrons. The first-order valence-electron chi connectivity index (χ1n) is 5.26. The van der Waals surface area contributed by atoms with E-state index in [1.807, 2.05) is 34.6 Å². The minimum atomic E-state index is -0.608. The summed E-state index contributed by atoms with van der Waals surface area (Å²) in [6.07, 6.45) is 1.63. The summed E-state index contributed by atoms with van der Waals surface area (Å²) in [6, 6.07) is 0. The third-order valence-electron chi connectivity index (χ3n) is 1.78. The van der Waals surface area contributed by atoms with Gasteiger partial charge >= 0.3 is 6.16 Å². The summed E-state index contributed by atoms with van der Waals surface area (Å²) < 4.78 is 10.3. The highest BCUT2D eigenvalue weighted by molar-refractivity contribution is 5.60. The number of carbonyl (C=O) groups excluding carboxylic acids is 1. The Morgan fingerprint density at radius 2 is 1.93 bits per heavy atom. The molecule has 0 aromatic carbocycles. The largest absolute Gasteiger partial charge is 0.509 e. The zero-order valence-corrected chi connectivity index (χ0v) is 10.4. The van der Waals surface area contributed by atoms with Crippen molar-refractivity contribution in [2.24, 2.45) is 5.92 Å². The van der Waals surface area contributed by atoms with Crippen molar-refractivity contribution in [3.63, 3.8) is 0 Å². The maximum atomic E-state index is 11.4. The first kappa shape index (κ1) is 14.0. The lowest BCUT2D eigenvalue weighted by Crippen LogP contribution is -2.29. The van der Waals surface area contributed by atoms with Gasteiger partial charge in [0.25, 0.3) is 0 Å². The minimum Gasteiger partial charge on any atom is -0.430 e. The predicted octanol–water partition coefficient (Wildman–Crippen LogP) is 3.54. The molecule has 0 rings (SSSR count). The average Bonchev–Trinajstić information content (AvgIpc) is 1.99. The van der Waals surface area contributed by atoms with Crippen LogP contribution in [-0.4, -0.2) is 17.9 Å². The van der Waals surface area contributed by atoms with Gasteiger partial charge in [0.15, 0.2) is 0 Å². The Kier molecular flexibility index (Phi) is 5.40. The molecule has 1 atom stereocenters. The highest BCUT2D eigenvalue weighted by Crippen LogP contribution is 2.15. The third kappa shape index (κ3) is 7.00. The molecule has 0 heterocycles. The first-order valence-corrected chi connectivity index (χ1v) is 5.26. The van der Waals surface area contributed by atoms with Crippen molar-refractivity contribution in [2.75, 3.05) is 0 Å². The van der Waals surface area contributed by atoms with Crippen LogP contribution in [0.15, 0.2) is 12.7 Å². The quantitative estimate of drug-likeness (QED) is 0.530. The Morgan fingerprint density at radius 1 is 1.40 bits per heavy atom. The lowest BCUT2D eigenvalue weighted by Gasteiger charge is -2.23. The number of carbonyl (C=O) groups is 1. The van der Waals surface area contributed by atoms with Gasteiger partial charge < -0.3 is 9.47 Å². The fraction of sp³-hybridized carbons (Fsp3) is 0.750. The smallest absolute Gasteiger partial charge is 0.430 e. The van der Waals surface area contributed by atoms with Crippen LogP contribution in [-0.2, 0) is 9.47 Å². The Morgan fingerprint density at radius 3 is 2.27 bits per heavy atom. The highest BCUT2D eigenvalue weighted by Gasteiger charge is 2.22. The lowest BCUT2D eigenvalue weighted by molar-refractivity contribution is -0.0353. The molecule has 0 amide bonds. The molecule has 88 valence electrons. The molecule has 15 heavy (non-hydrogen) atoms. The van der Waals surface area contributed by atoms with Crippen LogP contribution < -0.4 is 0 Å². The maximum Gasteiger partial charge on any atom is 0.509 e. The normalized spacial score (nSPS) is 13.5. The van der Waals surface area contributed by atoms with Crippen LogP contribution in [0.1, 0.15) is 41.0 Å². The molecule has 0 saturated carbocycles. The van der Waals surface area contributed by atoms with Gasteiger partial charge in [-0.15, -0.1) is 6.58 Å². The fourth-order valence-electron chi connectivity index (χ4n) is 1.02. The number of rotatable bonds is 4. The molecule has 0 fully saturated rings. The van der Waals surface area contributed by atoms with E-state index in [1.54, 1.807) is 6.08 Å². The molecule has 3 nitrogen and oxygen atoms in total. The van der Waals surface area contributed by atoms with E-state index in [9.17, 15) is 4.79 Å². The van der Waals surface area contributed by atoms with Crippen LogP contribution in [0.5, 0.6) is 0 Å². The van der Waals surface area contributed by atoms with Crippen molar-refractivity contribution in [1.29, 1.82) is 0 Å². The van der Waals surface area contributed by atoms with Crippen LogP contribution >= 0.6 is 0 Å². The molecular weight excluding hydrogens is 192 g/mol. The molecule has 0 aromatic heterocycles. The Hall–Kier alpha value is -0.990. The summed E-state index contributed by atoms with van der Waals surface area (Å²) in [7, 11) is 0. The van der Waals surface area contributed by atoms with Gasteiger partial charge in [-0.1, -0.05) is 19.9 Å². The Bertz CT molecular complexity index is 213. The van der Waals surface area contributed by atoms with Crippen LogP contribution in [0.4, 0.5) is 4.79 Å². The number of ether oxygens (including phenoxy) is 2. The summed E-state index contributed by atoms with van der Waals surface area (Å²) in [5.41, 5.74) is -0.507. The highest BCUT2D eigenvalue weighted by atomic mass is 16.7. The Labute approximate surface area is 92.5 Å². The van der Waals surface area contributed by atoms with Gasteiger partial charge in [-0.2, -0.15) is 0 Å². The third-order valence-corrected chi connectivity index (χ3v) is 1.78.